The van der Waals surface area contributed by atoms with E-state index in [9.17, 15) is 18.0 Å². The van der Waals surface area contributed by atoms with Gasteiger partial charge in [-0.05, 0) is 29.7 Å². The summed E-state index contributed by atoms with van der Waals surface area (Å²) in [5.74, 6) is -0.708. The van der Waals surface area contributed by atoms with Crippen molar-refractivity contribution in [2.75, 3.05) is 18.8 Å². The Kier molecular flexibility index (Phi) is 5.81. The Labute approximate surface area is 122 Å². The molecule has 0 unspecified atom stereocenters. The van der Waals surface area contributed by atoms with Gasteiger partial charge < -0.3 is 10.6 Å². The van der Waals surface area contributed by atoms with E-state index in [1.807, 2.05) is 0 Å². The molecule has 0 aromatic heterocycles. The number of alkyl halides is 3. The van der Waals surface area contributed by atoms with Crippen molar-refractivity contribution in [2.24, 2.45) is 5.92 Å². The summed E-state index contributed by atoms with van der Waals surface area (Å²) in [4.78, 5) is 12.7. The Morgan fingerprint density at radius 1 is 1.38 bits per heavy atom. The van der Waals surface area contributed by atoms with Crippen molar-refractivity contribution in [3.63, 3.8) is 0 Å². The molecule has 0 saturated heterocycles. The molecule has 1 aromatic carbocycles. The van der Waals surface area contributed by atoms with Crippen LogP contribution in [0, 0.1) is 5.92 Å². The van der Waals surface area contributed by atoms with Crippen molar-refractivity contribution in [3.8, 4) is 0 Å². The lowest BCUT2D eigenvalue weighted by Gasteiger charge is -2.24. The van der Waals surface area contributed by atoms with Gasteiger partial charge >= 0.3 is 6.18 Å². The highest BCUT2D eigenvalue weighted by Gasteiger charge is 2.32. The molecular weight excluding hydrogens is 281 g/mol. The van der Waals surface area contributed by atoms with E-state index in [4.69, 9.17) is 5.73 Å². The Morgan fingerprint density at radius 2 is 2.05 bits per heavy atom. The number of nitrogens with two attached hydrogens (primary N) is 1. The number of halogens is 3. The summed E-state index contributed by atoms with van der Waals surface area (Å²) < 4.78 is 37.5. The average Bonchev–Trinajstić information content (AvgIpc) is 2.33. The van der Waals surface area contributed by atoms with Gasteiger partial charge in [-0.15, -0.1) is 0 Å². The molecule has 0 fully saturated rings. The van der Waals surface area contributed by atoms with Crippen LogP contribution < -0.4 is 5.73 Å². The third-order valence-corrected chi connectivity index (χ3v) is 2.60. The first-order valence-corrected chi connectivity index (χ1v) is 6.56. The highest BCUT2D eigenvalue weighted by molar-refractivity contribution is 5.91. The summed E-state index contributed by atoms with van der Waals surface area (Å²) in [6.07, 6.45) is -1.80. The van der Waals surface area contributed by atoms with Gasteiger partial charge in [0.05, 0.1) is 0 Å². The maximum Gasteiger partial charge on any atom is 0.406 e. The number of nitrogen functional groups attached to an aromatic ring is 1. The van der Waals surface area contributed by atoms with Gasteiger partial charge in [0.25, 0.3) is 0 Å². The van der Waals surface area contributed by atoms with Gasteiger partial charge in [-0.2, -0.15) is 13.2 Å². The van der Waals surface area contributed by atoms with Gasteiger partial charge in [0.2, 0.25) is 5.91 Å². The van der Waals surface area contributed by atoms with Crippen LogP contribution in [0.3, 0.4) is 0 Å². The molecule has 21 heavy (non-hydrogen) atoms. The van der Waals surface area contributed by atoms with Crippen LogP contribution in [-0.4, -0.2) is 30.1 Å². The molecule has 0 aliphatic carbocycles. The van der Waals surface area contributed by atoms with Crippen LogP contribution in [0.2, 0.25) is 0 Å². The fourth-order valence-electron chi connectivity index (χ4n) is 1.83. The van der Waals surface area contributed by atoms with Crippen molar-refractivity contribution in [3.05, 3.63) is 35.9 Å². The number of nitrogens with zero attached hydrogens (tertiary/aromatic N) is 1. The number of benzene rings is 1. The quantitative estimate of drug-likeness (QED) is 0.669. The van der Waals surface area contributed by atoms with Gasteiger partial charge in [0.1, 0.15) is 6.54 Å². The highest BCUT2D eigenvalue weighted by Crippen LogP contribution is 2.18. The van der Waals surface area contributed by atoms with E-state index in [2.05, 4.69) is 0 Å². The minimum absolute atomic E-state index is 0.0444. The van der Waals surface area contributed by atoms with E-state index in [-0.39, 0.29) is 12.5 Å². The molecule has 116 valence electrons. The number of carbonyl (C=O) groups is 1. The van der Waals surface area contributed by atoms with Gasteiger partial charge in [-0.1, -0.05) is 26.0 Å². The first-order valence-electron chi connectivity index (χ1n) is 6.56. The molecule has 0 heterocycles. The molecule has 0 aliphatic rings. The normalized spacial score (nSPS) is 12.1. The Balaban J connectivity index is 2.80. The molecule has 0 spiro atoms. The molecule has 0 atom stereocenters. The lowest BCUT2D eigenvalue weighted by molar-refractivity contribution is -0.159. The predicted octanol–water partition coefficient (Wildman–Crippen LogP) is 3.33. The van der Waals surface area contributed by atoms with Crippen molar-refractivity contribution >= 4 is 17.7 Å². The van der Waals surface area contributed by atoms with Gasteiger partial charge in [-0.3, -0.25) is 4.79 Å². The number of amides is 1. The smallest absolute Gasteiger partial charge is 0.399 e. The second kappa shape index (κ2) is 7.15. The first-order chi connectivity index (χ1) is 9.67. The monoisotopic (exact) mass is 300 g/mol. The third kappa shape index (κ3) is 6.83. The van der Waals surface area contributed by atoms with Crippen LogP contribution in [-0.2, 0) is 4.79 Å². The zero-order chi connectivity index (χ0) is 16.0. The molecule has 1 rings (SSSR count). The maximum atomic E-state index is 12.5. The lowest BCUT2D eigenvalue weighted by atomic mass is 10.1. The minimum atomic E-state index is -4.41. The van der Waals surface area contributed by atoms with Crippen LogP contribution in [0.4, 0.5) is 18.9 Å². The standard InChI is InChI=1S/C15H19F3N2O/c1-11(2)9-20(10-15(16,17)18)14(21)7-6-12-4-3-5-13(19)8-12/h3-8,11H,9-10,19H2,1-2H3/b7-6+. The summed E-state index contributed by atoms with van der Waals surface area (Å²) >= 11 is 0. The Hall–Kier alpha value is -1.98. The highest BCUT2D eigenvalue weighted by atomic mass is 19.4. The average molecular weight is 300 g/mol. The number of carbonyl (C=O) groups excluding carboxylic acids is 1. The van der Waals surface area contributed by atoms with Crippen LogP contribution in [0.15, 0.2) is 30.3 Å². The zero-order valence-corrected chi connectivity index (χ0v) is 12.0. The van der Waals surface area contributed by atoms with Crippen LogP contribution in [0.5, 0.6) is 0 Å². The van der Waals surface area contributed by atoms with E-state index >= 15 is 0 Å². The molecular formula is C15H19F3N2O. The summed E-state index contributed by atoms with van der Waals surface area (Å²) in [5, 5.41) is 0. The van der Waals surface area contributed by atoms with E-state index in [1.54, 1.807) is 38.1 Å². The Bertz CT molecular complexity index is 510. The molecule has 2 N–H and O–H groups in total. The number of rotatable bonds is 5. The van der Waals surface area contributed by atoms with E-state index in [0.717, 1.165) is 11.0 Å². The molecule has 0 radical (unpaired) electrons. The van der Waals surface area contributed by atoms with Crippen LogP contribution >= 0.6 is 0 Å². The molecule has 0 saturated carbocycles. The van der Waals surface area contributed by atoms with E-state index in [0.29, 0.717) is 11.3 Å². The molecule has 3 nitrogen and oxygen atoms in total. The fourth-order valence-corrected chi connectivity index (χ4v) is 1.83. The third-order valence-electron chi connectivity index (χ3n) is 2.60. The van der Waals surface area contributed by atoms with Gasteiger partial charge in [0, 0.05) is 18.3 Å². The topological polar surface area (TPSA) is 46.3 Å². The number of hydrogen-bond donors (Lipinski definition) is 1. The molecule has 0 bridgehead atoms. The largest absolute Gasteiger partial charge is 0.406 e. The van der Waals surface area contributed by atoms with E-state index < -0.39 is 18.6 Å². The Morgan fingerprint density at radius 3 is 2.57 bits per heavy atom. The number of hydrogen-bond acceptors (Lipinski definition) is 2. The van der Waals surface area contributed by atoms with Crippen molar-refractivity contribution in [1.29, 1.82) is 0 Å². The maximum absolute atomic E-state index is 12.5. The first kappa shape index (κ1) is 17.1. The summed E-state index contributed by atoms with van der Waals surface area (Å²) in [6.45, 7) is 2.33. The lowest BCUT2D eigenvalue weighted by Crippen LogP contribution is -2.40. The SMILES string of the molecule is CC(C)CN(CC(F)(F)F)C(=O)/C=C/c1cccc(N)c1. The van der Waals surface area contributed by atoms with Crippen molar-refractivity contribution in [2.45, 2.75) is 20.0 Å². The molecule has 1 amide bonds. The van der Waals surface area contributed by atoms with Crippen LogP contribution in [0.25, 0.3) is 6.08 Å². The van der Waals surface area contributed by atoms with E-state index in [1.165, 1.54) is 6.08 Å². The van der Waals surface area contributed by atoms with Gasteiger partial charge in [0.15, 0.2) is 0 Å². The van der Waals surface area contributed by atoms with Crippen molar-refractivity contribution in [1.82, 2.24) is 4.90 Å². The fraction of sp³-hybridized carbons (Fsp3) is 0.400. The molecule has 0 aliphatic heterocycles. The summed E-state index contributed by atoms with van der Waals surface area (Å²) in [7, 11) is 0. The summed E-state index contributed by atoms with van der Waals surface area (Å²) in [5.41, 5.74) is 6.79. The second-order valence-electron chi connectivity index (χ2n) is 5.23. The predicted molar refractivity (Wildman–Crippen MR) is 77.4 cm³/mol. The number of anilines is 1. The zero-order valence-electron chi connectivity index (χ0n) is 12.0. The van der Waals surface area contributed by atoms with Crippen LogP contribution in [0.1, 0.15) is 19.4 Å². The van der Waals surface area contributed by atoms with Gasteiger partial charge in [-0.25, -0.2) is 0 Å². The second-order valence-corrected chi connectivity index (χ2v) is 5.23. The summed E-state index contributed by atoms with van der Waals surface area (Å²) in [6, 6.07) is 6.76. The minimum Gasteiger partial charge on any atom is -0.399 e. The molecule has 1 aromatic rings. The molecule has 6 heteroatoms. The van der Waals surface area contributed by atoms with Crippen molar-refractivity contribution < 1.29 is 18.0 Å².